The van der Waals surface area contributed by atoms with Crippen molar-refractivity contribution < 1.29 is 14.3 Å². The lowest BCUT2D eigenvalue weighted by Gasteiger charge is -2.33. The number of Topliss-reactive ketones (excluding diaryl/α,β-unsaturated/α-hetero) is 1. The van der Waals surface area contributed by atoms with Gasteiger partial charge in [-0.25, -0.2) is 0 Å². The van der Waals surface area contributed by atoms with E-state index in [4.69, 9.17) is 16.3 Å². The number of hydrogen-bond acceptors (Lipinski definition) is 3. The van der Waals surface area contributed by atoms with Crippen molar-refractivity contribution in [2.24, 2.45) is 5.92 Å². The molecule has 1 amide bonds. The van der Waals surface area contributed by atoms with Gasteiger partial charge in [-0.3, -0.25) is 9.59 Å². The van der Waals surface area contributed by atoms with E-state index in [1.807, 2.05) is 49.4 Å². The van der Waals surface area contributed by atoms with Crippen molar-refractivity contribution in [3.8, 4) is 5.75 Å². The molecule has 142 valence electrons. The second-order valence-electron chi connectivity index (χ2n) is 7.02. The number of carbonyl (C=O) groups excluding carboxylic acids is 2. The van der Waals surface area contributed by atoms with Gasteiger partial charge in [-0.1, -0.05) is 48.0 Å². The van der Waals surface area contributed by atoms with Gasteiger partial charge in [-0.05, 0) is 44.4 Å². The molecule has 1 fully saturated rings. The number of ether oxygens (including phenoxy) is 1. The van der Waals surface area contributed by atoms with E-state index < -0.39 is 6.10 Å². The predicted octanol–water partition coefficient (Wildman–Crippen LogP) is 4.54. The largest absolute Gasteiger partial charge is 0.479 e. The highest BCUT2D eigenvalue weighted by Gasteiger charge is 2.30. The maximum atomic E-state index is 12.7. The molecule has 1 unspecified atom stereocenters. The van der Waals surface area contributed by atoms with E-state index in [0.29, 0.717) is 36.7 Å². The molecule has 0 saturated carbocycles. The Labute approximate surface area is 165 Å². The minimum atomic E-state index is -0.620. The Kier molecular flexibility index (Phi) is 6.17. The molecule has 0 radical (unpaired) electrons. The molecule has 1 atom stereocenters. The highest BCUT2D eigenvalue weighted by atomic mass is 35.5. The van der Waals surface area contributed by atoms with Crippen LogP contribution in [0.4, 0.5) is 0 Å². The van der Waals surface area contributed by atoms with Crippen molar-refractivity contribution in [2.45, 2.75) is 32.8 Å². The maximum Gasteiger partial charge on any atom is 0.263 e. The van der Waals surface area contributed by atoms with Crippen LogP contribution in [0.15, 0.2) is 48.5 Å². The highest BCUT2D eigenvalue weighted by Crippen LogP contribution is 2.27. The van der Waals surface area contributed by atoms with Gasteiger partial charge in [0.1, 0.15) is 5.75 Å². The van der Waals surface area contributed by atoms with Crippen molar-refractivity contribution in [1.29, 1.82) is 0 Å². The molecule has 27 heavy (non-hydrogen) atoms. The molecular formula is C22H24ClNO3. The molecule has 1 saturated heterocycles. The molecule has 0 aromatic heterocycles. The number of carbonyl (C=O) groups is 2. The lowest BCUT2D eigenvalue weighted by Crippen LogP contribution is -2.45. The summed E-state index contributed by atoms with van der Waals surface area (Å²) in [4.78, 5) is 27.1. The zero-order valence-corrected chi connectivity index (χ0v) is 16.4. The summed E-state index contributed by atoms with van der Waals surface area (Å²) in [6.07, 6.45) is 0.736. The van der Waals surface area contributed by atoms with E-state index in [1.54, 1.807) is 17.9 Å². The Hall–Kier alpha value is -2.33. The number of piperidine rings is 1. The van der Waals surface area contributed by atoms with Gasteiger partial charge in [0.25, 0.3) is 5.91 Å². The third-order valence-electron chi connectivity index (χ3n) is 4.97. The molecule has 0 spiro atoms. The number of likely N-dealkylation sites (tertiary alicyclic amines) is 1. The van der Waals surface area contributed by atoms with Crippen molar-refractivity contribution in [1.82, 2.24) is 4.90 Å². The van der Waals surface area contributed by atoms with Crippen LogP contribution in [-0.2, 0) is 4.79 Å². The quantitative estimate of drug-likeness (QED) is 0.710. The molecule has 1 heterocycles. The van der Waals surface area contributed by atoms with Crippen LogP contribution in [0.3, 0.4) is 0 Å². The summed E-state index contributed by atoms with van der Waals surface area (Å²) < 4.78 is 5.79. The van der Waals surface area contributed by atoms with Gasteiger partial charge in [0.15, 0.2) is 11.9 Å². The zero-order chi connectivity index (χ0) is 19.4. The number of nitrogens with zero attached hydrogens (tertiary/aromatic N) is 1. The van der Waals surface area contributed by atoms with Gasteiger partial charge < -0.3 is 9.64 Å². The number of halogens is 1. The SMILES string of the molecule is Cc1ccc(Cl)c(OC(C)C(=O)N2CCC(C(=O)c3ccccc3)CC2)c1. The molecule has 0 N–H and O–H groups in total. The van der Waals surface area contributed by atoms with E-state index in [0.717, 1.165) is 11.1 Å². The van der Waals surface area contributed by atoms with E-state index in [9.17, 15) is 9.59 Å². The molecule has 4 nitrogen and oxygen atoms in total. The van der Waals surface area contributed by atoms with E-state index in [1.165, 1.54) is 0 Å². The minimum Gasteiger partial charge on any atom is -0.479 e. The fourth-order valence-electron chi connectivity index (χ4n) is 3.40. The second-order valence-corrected chi connectivity index (χ2v) is 7.43. The number of aryl methyl sites for hydroxylation is 1. The Bertz CT molecular complexity index is 814. The Morgan fingerprint density at radius 3 is 2.44 bits per heavy atom. The summed E-state index contributed by atoms with van der Waals surface area (Å²) in [5, 5.41) is 0.493. The fourth-order valence-corrected chi connectivity index (χ4v) is 3.56. The summed E-state index contributed by atoms with van der Waals surface area (Å²) in [6.45, 7) is 4.82. The summed E-state index contributed by atoms with van der Waals surface area (Å²) in [5.74, 6) is 0.585. The van der Waals surface area contributed by atoms with Gasteiger partial charge in [-0.15, -0.1) is 0 Å². The first kappa shape index (κ1) is 19.4. The van der Waals surface area contributed by atoms with E-state index in [-0.39, 0.29) is 17.6 Å². The first-order valence-corrected chi connectivity index (χ1v) is 9.64. The van der Waals surface area contributed by atoms with Crippen LogP contribution >= 0.6 is 11.6 Å². The predicted molar refractivity (Wildman–Crippen MR) is 106 cm³/mol. The number of rotatable bonds is 5. The molecule has 0 bridgehead atoms. The smallest absolute Gasteiger partial charge is 0.263 e. The van der Waals surface area contributed by atoms with Gasteiger partial charge in [0, 0.05) is 24.6 Å². The Morgan fingerprint density at radius 1 is 1.11 bits per heavy atom. The van der Waals surface area contributed by atoms with Crippen molar-refractivity contribution >= 4 is 23.3 Å². The Balaban J connectivity index is 1.56. The summed E-state index contributed by atoms with van der Waals surface area (Å²) in [5.41, 5.74) is 1.77. The lowest BCUT2D eigenvalue weighted by molar-refractivity contribution is -0.139. The van der Waals surface area contributed by atoms with Crippen LogP contribution in [0.5, 0.6) is 5.75 Å². The van der Waals surface area contributed by atoms with Crippen molar-refractivity contribution in [3.63, 3.8) is 0 Å². The van der Waals surface area contributed by atoms with Crippen LogP contribution in [0.2, 0.25) is 5.02 Å². The highest BCUT2D eigenvalue weighted by molar-refractivity contribution is 6.32. The zero-order valence-electron chi connectivity index (χ0n) is 15.7. The first-order valence-electron chi connectivity index (χ1n) is 9.26. The van der Waals surface area contributed by atoms with Gasteiger partial charge in [-0.2, -0.15) is 0 Å². The minimum absolute atomic E-state index is 0.0288. The summed E-state index contributed by atoms with van der Waals surface area (Å²) in [6, 6.07) is 14.8. The lowest BCUT2D eigenvalue weighted by atomic mass is 9.89. The van der Waals surface area contributed by atoms with E-state index in [2.05, 4.69) is 0 Å². The van der Waals surface area contributed by atoms with Gasteiger partial charge >= 0.3 is 0 Å². The third kappa shape index (κ3) is 4.69. The monoisotopic (exact) mass is 385 g/mol. The van der Waals surface area contributed by atoms with Gasteiger partial charge in [0.05, 0.1) is 5.02 Å². The molecule has 0 aliphatic carbocycles. The van der Waals surface area contributed by atoms with Crippen LogP contribution in [0.1, 0.15) is 35.7 Å². The normalized spacial score (nSPS) is 16.0. The molecule has 3 rings (SSSR count). The molecule has 1 aliphatic heterocycles. The van der Waals surface area contributed by atoms with Crippen LogP contribution in [0.25, 0.3) is 0 Å². The average Bonchev–Trinajstić information content (AvgIpc) is 2.70. The van der Waals surface area contributed by atoms with Crippen molar-refractivity contribution in [2.75, 3.05) is 13.1 Å². The van der Waals surface area contributed by atoms with Crippen LogP contribution in [0, 0.1) is 12.8 Å². The standard InChI is InChI=1S/C22H24ClNO3/c1-15-8-9-19(23)20(14-15)27-16(2)22(26)24-12-10-18(11-13-24)21(25)17-6-4-3-5-7-17/h3-9,14,16,18H,10-13H2,1-2H3. The first-order chi connectivity index (χ1) is 13.0. The van der Waals surface area contributed by atoms with Crippen LogP contribution in [-0.4, -0.2) is 35.8 Å². The average molecular weight is 386 g/mol. The second kappa shape index (κ2) is 8.57. The maximum absolute atomic E-state index is 12.7. The molecule has 5 heteroatoms. The molecule has 2 aromatic rings. The number of benzene rings is 2. The summed E-state index contributed by atoms with van der Waals surface area (Å²) >= 11 is 6.16. The molecular weight excluding hydrogens is 362 g/mol. The number of ketones is 1. The number of hydrogen-bond donors (Lipinski definition) is 0. The van der Waals surface area contributed by atoms with E-state index >= 15 is 0 Å². The molecule has 2 aromatic carbocycles. The fraction of sp³-hybridized carbons (Fsp3) is 0.364. The Morgan fingerprint density at radius 2 is 1.78 bits per heavy atom. The van der Waals surface area contributed by atoms with Crippen molar-refractivity contribution in [3.05, 3.63) is 64.7 Å². The van der Waals surface area contributed by atoms with Gasteiger partial charge in [0.2, 0.25) is 0 Å². The third-order valence-corrected chi connectivity index (χ3v) is 5.29. The van der Waals surface area contributed by atoms with Crippen LogP contribution < -0.4 is 4.74 Å². The topological polar surface area (TPSA) is 46.6 Å². The summed E-state index contributed by atoms with van der Waals surface area (Å²) in [7, 11) is 0. The molecule has 1 aliphatic rings. The number of amides is 1.